The molecule has 0 N–H and O–H groups in total. The van der Waals surface area contributed by atoms with Gasteiger partial charge in [0.1, 0.15) is 12.4 Å². The smallest absolute Gasteiger partial charge is 0.311 e. The van der Waals surface area contributed by atoms with Crippen LogP contribution in [0.4, 0.5) is 0 Å². The summed E-state index contributed by atoms with van der Waals surface area (Å²) in [6, 6.07) is 27.1. The summed E-state index contributed by atoms with van der Waals surface area (Å²) >= 11 is 1.67. The van der Waals surface area contributed by atoms with Crippen LogP contribution in [0.15, 0.2) is 83.8 Å². The maximum Gasteiger partial charge on any atom is 0.311 e. The van der Waals surface area contributed by atoms with Gasteiger partial charge in [-0.2, -0.15) is 0 Å². The van der Waals surface area contributed by atoms with Crippen molar-refractivity contribution < 1.29 is 14.3 Å². The Labute approximate surface area is 182 Å². The molecule has 3 aromatic rings. The van der Waals surface area contributed by atoms with Gasteiger partial charge < -0.3 is 9.47 Å². The number of rotatable bonds is 8. The highest BCUT2D eigenvalue weighted by Gasteiger charge is 2.34. The molecule has 3 aromatic carbocycles. The van der Waals surface area contributed by atoms with Crippen LogP contribution in [-0.4, -0.2) is 30.5 Å². The lowest BCUT2D eigenvalue weighted by Gasteiger charge is -2.35. The number of hydrogen-bond acceptors (Lipinski definition) is 5. The number of esters is 1. The molecule has 0 saturated carbocycles. The lowest BCUT2D eigenvalue weighted by molar-refractivity contribution is -0.148. The third-order valence-corrected chi connectivity index (χ3v) is 6.09. The normalized spacial score (nSPS) is 14.2. The van der Waals surface area contributed by atoms with Gasteiger partial charge in [0, 0.05) is 18.0 Å². The van der Waals surface area contributed by atoms with Crippen LogP contribution in [0.1, 0.15) is 16.7 Å². The summed E-state index contributed by atoms with van der Waals surface area (Å²) in [6.45, 7) is 1.98. The highest BCUT2D eigenvalue weighted by atomic mass is 32.2. The summed E-state index contributed by atoms with van der Waals surface area (Å²) in [5.74, 6) is 0.755. The van der Waals surface area contributed by atoms with Crippen LogP contribution < -0.4 is 4.74 Å². The zero-order valence-electron chi connectivity index (χ0n) is 17.0. The first-order valence-corrected chi connectivity index (χ1v) is 10.8. The number of ether oxygens (including phenoxy) is 2. The Kier molecular flexibility index (Phi) is 6.72. The van der Waals surface area contributed by atoms with Gasteiger partial charge in [-0.25, -0.2) is 4.31 Å². The Balaban J connectivity index is 1.31. The Morgan fingerprint density at radius 3 is 2.47 bits per heavy atom. The third-order valence-electron chi connectivity index (χ3n) is 5.07. The Hall–Kier alpha value is -2.76. The monoisotopic (exact) mass is 419 g/mol. The summed E-state index contributed by atoms with van der Waals surface area (Å²) in [4.78, 5) is 12.7. The lowest BCUT2D eigenvalue weighted by atomic mass is 10.0. The molecule has 1 fully saturated rings. The number of methoxy groups -OCH3 is 1. The van der Waals surface area contributed by atoms with Gasteiger partial charge in [-0.1, -0.05) is 54.6 Å². The largest absolute Gasteiger partial charge is 0.489 e. The maximum absolute atomic E-state index is 11.5. The lowest BCUT2D eigenvalue weighted by Crippen LogP contribution is -2.46. The molecule has 0 atom stereocenters. The molecule has 0 aliphatic carbocycles. The van der Waals surface area contributed by atoms with E-state index in [0.717, 1.165) is 35.7 Å². The summed E-state index contributed by atoms with van der Waals surface area (Å²) in [6.07, 6.45) is 0.895. The number of benzene rings is 3. The molecule has 1 aliphatic rings. The SMILES string of the molecule is COC(=O)C1CN(Sc2cccc(COc3cccc(Cc4ccccc4)c3)c2)C1. The van der Waals surface area contributed by atoms with Gasteiger partial charge in [0.2, 0.25) is 0 Å². The van der Waals surface area contributed by atoms with E-state index >= 15 is 0 Å². The molecule has 30 heavy (non-hydrogen) atoms. The molecule has 1 heterocycles. The predicted octanol–water partition coefficient (Wildman–Crippen LogP) is 4.97. The van der Waals surface area contributed by atoms with Crippen molar-refractivity contribution in [2.45, 2.75) is 17.9 Å². The van der Waals surface area contributed by atoms with Crippen molar-refractivity contribution in [3.8, 4) is 5.75 Å². The van der Waals surface area contributed by atoms with Gasteiger partial charge in [-0.3, -0.25) is 4.79 Å². The van der Waals surface area contributed by atoms with E-state index in [1.54, 1.807) is 11.9 Å². The van der Waals surface area contributed by atoms with Crippen LogP contribution in [-0.2, 0) is 22.6 Å². The van der Waals surface area contributed by atoms with Gasteiger partial charge in [-0.05, 0) is 59.3 Å². The molecule has 0 bridgehead atoms. The first-order valence-electron chi connectivity index (χ1n) is 10.0. The minimum atomic E-state index is -0.122. The van der Waals surface area contributed by atoms with Crippen LogP contribution >= 0.6 is 11.9 Å². The molecule has 0 aromatic heterocycles. The van der Waals surface area contributed by atoms with Crippen molar-refractivity contribution in [1.82, 2.24) is 4.31 Å². The van der Waals surface area contributed by atoms with Gasteiger partial charge in [0.05, 0.1) is 13.0 Å². The van der Waals surface area contributed by atoms with Crippen molar-refractivity contribution >= 4 is 17.9 Å². The molecule has 0 spiro atoms. The second kappa shape index (κ2) is 9.83. The van der Waals surface area contributed by atoms with E-state index in [4.69, 9.17) is 9.47 Å². The molecule has 154 valence electrons. The Bertz CT molecular complexity index is 986. The van der Waals surface area contributed by atoms with Crippen molar-refractivity contribution in [3.63, 3.8) is 0 Å². The van der Waals surface area contributed by atoms with Crippen LogP contribution in [0, 0.1) is 5.92 Å². The molecule has 0 unspecified atom stereocenters. The summed E-state index contributed by atoms with van der Waals surface area (Å²) in [7, 11) is 1.44. The van der Waals surface area contributed by atoms with E-state index in [1.165, 1.54) is 18.2 Å². The minimum Gasteiger partial charge on any atom is -0.489 e. The van der Waals surface area contributed by atoms with Crippen LogP contribution in [0.2, 0.25) is 0 Å². The Morgan fingerprint density at radius 2 is 1.67 bits per heavy atom. The molecule has 1 saturated heterocycles. The molecule has 4 nitrogen and oxygen atoms in total. The van der Waals surface area contributed by atoms with Gasteiger partial charge in [0.25, 0.3) is 0 Å². The first-order chi connectivity index (χ1) is 14.7. The highest BCUT2D eigenvalue weighted by molar-refractivity contribution is 7.97. The zero-order valence-corrected chi connectivity index (χ0v) is 17.8. The van der Waals surface area contributed by atoms with E-state index in [2.05, 4.69) is 58.9 Å². The number of hydrogen-bond donors (Lipinski definition) is 0. The van der Waals surface area contributed by atoms with E-state index in [9.17, 15) is 4.79 Å². The third kappa shape index (κ3) is 5.43. The first kappa shape index (κ1) is 20.5. The van der Waals surface area contributed by atoms with Gasteiger partial charge in [0.15, 0.2) is 0 Å². The van der Waals surface area contributed by atoms with E-state index in [0.29, 0.717) is 6.61 Å². The molecule has 4 rings (SSSR count). The molecule has 0 amide bonds. The fraction of sp³-hybridized carbons (Fsp3) is 0.240. The average molecular weight is 420 g/mol. The van der Waals surface area contributed by atoms with Crippen molar-refractivity contribution in [1.29, 1.82) is 0 Å². The average Bonchev–Trinajstić information content (AvgIpc) is 2.75. The second-order valence-corrected chi connectivity index (χ2v) is 8.57. The summed E-state index contributed by atoms with van der Waals surface area (Å²) in [5.41, 5.74) is 3.65. The number of carbonyl (C=O) groups is 1. The molecule has 1 aliphatic heterocycles. The highest BCUT2D eigenvalue weighted by Crippen LogP contribution is 2.31. The standard InChI is InChI=1S/C25H25NO3S/c1-28-25(27)22-16-26(17-22)30-24-12-6-10-21(15-24)18-29-23-11-5-9-20(14-23)13-19-7-3-2-4-8-19/h2-12,14-15,22H,13,16-18H2,1H3. The summed E-state index contributed by atoms with van der Waals surface area (Å²) in [5, 5.41) is 0. The van der Waals surface area contributed by atoms with E-state index in [-0.39, 0.29) is 11.9 Å². The van der Waals surface area contributed by atoms with E-state index < -0.39 is 0 Å². The summed E-state index contributed by atoms with van der Waals surface area (Å²) < 4.78 is 13.0. The van der Waals surface area contributed by atoms with Crippen molar-refractivity contribution in [2.75, 3.05) is 20.2 Å². The molecule has 0 radical (unpaired) electrons. The minimum absolute atomic E-state index is 0.00261. The predicted molar refractivity (Wildman–Crippen MR) is 119 cm³/mol. The molecular weight excluding hydrogens is 394 g/mol. The van der Waals surface area contributed by atoms with Gasteiger partial charge in [-0.15, -0.1) is 0 Å². The number of nitrogens with zero attached hydrogens (tertiary/aromatic N) is 1. The fourth-order valence-corrected chi connectivity index (χ4v) is 4.56. The fourth-order valence-electron chi connectivity index (χ4n) is 3.41. The van der Waals surface area contributed by atoms with Crippen molar-refractivity contribution in [2.24, 2.45) is 5.92 Å². The van der Waals surface area contributed by atoms with Gasteiger partial charge >= 0.3 is 5.97 Å². The van der Waals surface area contributed by atoms with Crippen LogP contribution in [0.25, 0.3) is 0 Å². The Morgan fingerprint density at radius 1 is 0.933 bits per heavy atom. The number of carbonyl (C=O) groups excluding carboxylic acids is 1. The zero-order chi connectivity index (χ0) is 20.8. The molecule has 5 heteroatoms. The maximum atomic E-state index is 11.5. The van der Waals surface area contributed by atoms with Crippen LogP contribution in [0.5, 0.6) is 5.75 Å². The van der Waals surface area contributed by atoms with Crippen molar-refractivity contribution in [3.05, 3.63) is 95.6 Å². The quantitative estimate of drug-likeness (QED) is 0.381. The second-order valence-electron chi connectivity index (χ2n) is 7.40. The van der Waals surface area contributed by atoms with E-state index in [1.807, 2.05) is 24.3 Å². The topological polar surface area (TPSA) is 38.8 Å². The van der Waals surface area contributed by atoms with Crippen LogP contribution in [0.3, 0.4) is 0 Å². The molecular formula is C25H25NO3S.